The fraction of sp³-hybridized carbons (Fsp3) is 0.417. The topological polar surface area (TPSA) is 93.8 Å². The molecule has 0 aromatic rings. The van der Waals surface area contributed by atoms with Crippen molar-refractivity contribution in [3.8, 4) is 0 Å². The van der Waals surface area contributed by atoms with E-state index in [4.69, 9.17) is 4.74 Å². The first-order chi connectivity index (χ1) is 9.19. The molecule has 3 atom stereocenters. The van der Waals surface area contributed by atoms with E-state index in [-0.39, 0.29) is 11.8 Å². The zero-order valence-electron chi connectivity index (χ0n) is 10.3. The Morgan fingerprint density at radius 2 is 2.37 bits per heavy atom. The Bertz CT molecular complexity index is 517. The molecule has 1 N–H and O–H groups in total. The number of carbonyl (C=O) groups excluding carboxylic acids is 1. The quantitative estimate of drug-likeness (QED) is 0.453. The van der Waals surface area contributed by atoms with Crippen LogP contribution >= 0.6 is 0 Å². The fourth-order valence-electron chi connectivity index (χ4n) is 2.18. The molecule has 3 unspecified atom stereocenters. The molecule has 0 fully saturated rings. The molecule has 0 bridgehead atoms. The lowest BCUT2D eigenvalue weighted by atomic mass is 9.86. The molecule has 1 aliphatic carbocycles. The van der Waals surface area contributed by atoms with Crippen molar-refractivity contribution in [3.05, 3.63) is 40.0 Å². The number of hydrazone groups is 1. The number of nitrogens with zero attached hydrogens (tertiary/aromatic N) is 2. The minimum Gasteiger partial charge on any atom is -0.363 e. The molecule has 100 valence electrons. The largest absolute Gasteiger partial charge is 0.394 e. The highest BCUT2D eigenvalue weighted by atomic mass is 16.6. The smallest absolute Gasteiger partial charge is 0.363 e. The van der Waals surface area contributed by atoms with Crippen LogP contribution in [0.3, 0.4) is 0 Å². The number of ether oxygens (including phenoxy) is 1. The number of rotatable bonds is 3. The molecule has 1 heterocycles. The maximum atomic E-state index is 10.9. The van der Waals surface area contributed by atoms with Gasteiger partial charge in [0.05, 0.1) is 5.10 Å². The third kappa shape index (κ3) is 2.47. The highest BCUT2D eigenvalue weighted by molar-refractivity contribution is 5.81. The van der Waals surface area contributed by atoms with Crippen molar-refractivity contribution in [2.24, 2.45) is 11.0 Å². The SMILES string of the molecule is CCOC1C([N+](=O)[O-])=NNC1C1C=CC=CC1=C=O. The minimum atomic E-state index is -0.787. The molecule has 0 spiro atoms. The molecule has 0 aromatic heterocycles. The molecule has 0 aromatic carbocycles. The van der Waals surface area contributed by atoms with Gasteiger partial charge in [-0.2, -0.15) is 0 Å². The van der Waals surface area contributed by atoms with Crippen molar-refractivity contribution in [3.63, 3.8) is 0 Å². The van der Waals surface area contributed by atoms with Crippen LogP contribution in [-0.2, 0) is 9.53 Å². The highest BCUT2D eigenvalue weighted by Gasteiger charge is 2.46. The Morgan fingerprint density at radius 3 is 3.00 bits per heavy atom. The Balaban J connectivity index is 2.26. The summed E-state index contributed by atoms with van der Waals surface area (Å²) < 4.78 is 5.40. The second kappa shape index (κ2) is 5.60. The Hall–Kier alpha value is -2.24. The second-order valence-corrected chi connectivity index (χ2v) is 4.09. The molecule has 7 heteroatoms. The van der Waals surface area contributed by atoms with E-state index in [9.17, 15) is 14.9 Å². The van der Waals surface area contributed by atoms with Crippen LogP contribution in [0, 0.1) is 16.0 Å². The van der Waals surface area contributed by atoms with Crippen LogP contribution < -0.4 is 5.43 Å². The van der Waals surface area contributed by atoms with E-state index >= 15 is 0 Å². The summed E-state index contributed by atoms with van der Waals surface area (Å²) >= 11 is 0. The van der Waals surface area contributed by atoms with E-state index in [1.165, 1.54) is 0 Å². The molecule has 0 saturated heterocycles. The number of hydrogen-bond donors (Lipinski definition) is 1. The fourth-order valence-corrected chi connectivity index (χ4v) is 2.18. The van der Waals surface area contributed by atoms with Gasteiger partial charge in [0.25, 0.3) is 0 Å². The van der Waals surface area contributed by atoms with Gasteiger partial charge in [-0.25, -0.2) is 10.2 Å². The minimum absolute atomic E-state index is 0.264. The monoisotopic (exact) mass is 263 g/mol. The summed E-state index contributed by atoms with van der Waals surface area (Å²) in [6.45, 7) is 2.07. The number of allylic oxidation sites excluding steroid dienone is 3. The standard InChI is InChI=1S/C12H13N3O4/c1-2-19-11-10(13-14-12(11)15(17)18)9-6-4-3-5-8(9)7-16/h3-6,9-11,13H,2H2,1H3. The van der Waals surface area contributed by atoms with Crippen LogP contribution in [0.5, 0.6) is 0 Å². The molecule has 7 nitrogen and oxygen atoms in total. The summed E-state index contributed by atoms with van der Waals surface area (Å²) in [6, 6.07) is -0.474. The number of amidine groups is 1. The van der Waals surface area contributed by atoms with Gasteiger partial charge in [0.1, 0.15) is 12.0 Å². The van der Waals surface area contributed by atoms with Crippen molar-refractivity contribution in [2.45, 2.75) is 19.1 Å². The third-order valence-corrected chi connectivity index (χ3v) is 3.01. The summed E-state index contributed by atoms with van der Waals surface area (Å²) in [5.74, 6) is 1.24. The lowest BCUT2D eigenvalue weighted by molar-refractivity contribution is -0.358. The van der Waals surface area contributed by atoms with Gasteiger partial charge in [0.15, 0.2) is 6.10 Å². The summed E-state index contributed by atoms with van der Waals surface area (Å²) in [5.41, 5.74) is 3.11. The zero-order valence-corrected chi connectivity index (χ0v) is 10.3. The van der Waals surface area contributed by atoms with Gasteiger partial charge >= 0.3 is 5.84 Å². The van der Waals surface area contributed by atoms with Gasteiger partial charge in [-0.1, -0.05) is 18.2 Å². The van der Waals surface area contributed by atoms with Crippen molar-refractivity contribution in [1.29, 1.82) is 0 Å². The predicted octanol–water partition coefficient (Wildman–Crippen LogP) is 0.454. The van der Waals surface area contributed by atoms with Crippen molar-refractivity contribution >= 4 is 11.8 Å². The van der Waals surface area contributed by atoms with Crippen LogP contribution in [0.25, 0.3) is 0 Å². The number of nitrogens with one attached hydrogen (secondary N) is 1. The van der Waals surface area contributed by atoms with E-state index in [2.05, 4.69) is 10.5 Å². The van der Waals surface area contributed by atoms with E-state index in [1.54, 1.807) is 31.2 Å². The van der Waals surface area contributed by atoms with Crippen LogP contribution in [0.1, 0.15) is 6.92 Å². The maximum absolute atomic E-state index is 10.9. The Labute approximate surface area is 109 Å². The molecule has 2 rings (SSSR count). The molecule has 2 aliphatic rings. The van der Waals surface area contributed by atoms with Crippen molar-refractivity contribution in [2.75, 3.05) is 6.61 Å². The van der Waals surface area contributed by atoms with E-state index in [0.29, 0.717) is 12.2 Å². The first-order valence-corrected chi connectivity index (χ1v) is 5.88. The van der Waals surface area contributed by atoms with E-state index in [0.717, 1.165) is 0 Å². The number of nitro groups is 1. The maximum Gasteiger partial charge on any atom is 0.394 e. The third-order valence-electron chi connectivity index (χ3n) is 3.01. The molecule has 0 saturated carbocycles. The van der Waals surface area contributed by atoms with Gasteiger partial charge in [0.2, 0.25) is 0 Å². The van der Waals surface area contributed by atoms with Crippen molar-refractivity contribution < 1.29 is 14.5 Å². The normalized spacial score (nSPS) is 28.8. The lowest BCUT2D eigenvalue weighted by Gasteiger charge is -2.24. The van der Waals surface area contributed by atoms with E-state index in [1.807, 2.05) is 5.94 Å². The van der Waals surface area contributed by atoms with E-state index < -0.39 is 17.1 Å². The van der Waals surface area contributed by atoms with Crippen LogP contribution in [-0.4, -0.2) is 35.5 Å². The summed E-state index contributed by atoms with van der Waals surface area (Å²) in [5, 5.41) is 14.6. The second-order valence-electron chi connectivity index (χ2n) is 4.09. The Morgan fingerprint density at radius 1 is 1.58 bits per heavy atom. The average molecular weight is 263 g/mol. The van der Waals surface area contributed by atoms with Gasteiger partial charge in [0, 0.05) is 18.1 Å². The van der Waals surface area contributed by atoms with Crippen LogP contribution in [0.4, 0.5) is 0 Å². The number of hydrogen-bond acceptors (Lipinski definition) is 6. The average Bonchev–Trinajstić information content (AvgIpc) is 2.83. The summed E-state index contributed by atoms with van der Waals surface area (Å²) in [6.07, 6.45) is 6.12. The molecule has 0 amide bonds. The first kappa shape index (κ1) is 13.2. The highest BCUT2D eigenvalue weighted by Crippen LogP contribution is 2.26. The van der Waals surface area contributed by atoms with Gasteiger partial charge < -0.3 is 14.9 Å². The first-order valence-electron chi connectivity index (χ1n) is 5.88. The summed E-state index contributed by atoms with van der Waals surface area (Å²) in [7, 11) is 0. The summed E-state index contributed by atoms with van der Waals surface area (Å²) in [4.78, 5) is 21.3. The van der Waals surface area contributed by atoms with Crippen molar-refractivity contribution in [1.82, 2.24) is 5.43 Å². The van der Waals surface area contributed by atoms with Crippen LogP contribution in [0.15, 0.2) is 35.0 Å². The van der Waals surface area contributed by atoms with Crippen LogP contribution in [0.2, 0.25) is 0 Å². The van der Waals surface area contributed by atoms with Gasteiger partial charge in [-0.3, -0.25) is 0 Å². The molecule has 19 heavy (non-hydrogen) atoms. The molecule has 0 radical (unpaired) electrons. The van der Waals surface area contributed by atoms with Gasteiger partial charge in [-0.05, 0) is 17.9 Å². The zero-order chi connectivity index (χ0) is 13.8. The lowest BCUT2D eigenvalue weighted by Crippen LogP contribution is -2.44. The molecular weight excluding hydrogens is 250 g/mol. The molecule has 1 aliphatic heterocycles. The molecular formula is C12H13N3O4. The predicted molar refractivity (Wildman–Crippen MR) is 67.7 cm³/mol. The van der Waals surface area contributed by atoms with Gasteiger partial charge in [-0.15, -0.1) is 0 Å². The Kier molecular flexibility index (Phi) is 3.89.